The minimum atomic E-state index is -0.483. The monoisotopic (exact) mass is 382 g/mol. The smallest absolute Gasteiger partial charge is 0.229 e. The molecule has 0 radical (unpaired) electrons. The molecule has 1 saturated heterocycles. The number of nitrogens with one attached hydrogen (secondary N) is 1. The first-order valence-electron chi connectivity index (χ1n) is 7.26. The van der Waals surface area contributed by atoms with Gasteiger partial charge in [0.05, 0.1) is 27.3 Å². The molecular weight excluding hydrogens is 371 g/mol. The Morgan fingerprint density at radius 2 is 1.83 bits per heavy atom. The van der Waals surface area contributed by atoms with Gasteiger partial charge in [-0.3, -0.25) is 9.59 Å². The molecule has 2 aromatic rings. The van der Waals surface area contributed by atoms with Gasteiger partial charge in [-0.05, 0) is 30.3 Å². The highest BCUT2D eigenvalue weighted by molar-refractivity contribution is 6.36. The van der Waals surface area contributed by atoms with Crippen molar-refractivity contribution >= 4 is 58.0 Å². The SMILES string of the molecule is O=C(Nc1ccccc1Cl)[C@@H]1CC(=O)N(c2cc(Cl)ccc2Cl)C1. The summed E-state index contributed by atoms with van der Waals surface area (Å²) in [4.78, 5) is 26.2. The highest BCUT2D eigenvalue weighted by atomic mass is 35.5. The number of carbonyl (C=O) groups is 2. The second-order valence-corrected chi connectivity index (χ2v) is 6.72. The number of anilines is 2. The fourth-order valence-electron chi connectivity index (χ4n) is 2.61. The quantitative estimate of drug-likeness (QED) is 0.839. The molecule has 0 saturated carbocycles. The van der Waals surface area contributed by atoms with Crippen molar-refractivity contribution in [1.29, 1.82) is 0 Å². The highest BCUT2D eigenvalue weighted by Gasteiger charge is 2.36. The third-order valence-electron chi connectivity index (χ3n) is 3.83. The van der Waals surface area contributed by atoms with Crippen LogP contribution in [-0.2, 0) is 9.59 Å². The van der Waals surface area contributed by atoms with Crippen molar-refractivity contribution in [2.45, 2.75) is 6.42 Å². The molecule has 1 heterocycles. The highest BCUT2D eigenvalue weighted by Crippen LogP contribution is 2.34. The van der Waals surface area contributed by atoms with Gasteiger partial charge < -0.3 is 10.2 Å². The van der Waals surface area contributed by atoms with Crippen LogP contribution in [0.5, 0.6) is 0 Å². The molecule has 1 aliphatic rings. The molecule has 2 amide bonds. The van der Waals surface area contributed by atoms with E-state index in [-0.39, 0.29) is 24.8 Å². The molecule has 24 heavy (non-hydrogen) atoms. The molecule has 0 unspecified atom stereocenters. The van der Waals surface area contributed by atoms with Crippen LogP contribution in [0.4, 0.5) is 11.4 Å². The van der Waals surface area contributed by atoms with Gasteiger partial charge in [0.15, 0.2) is 0 Å². The average Bonchev–Trinajstić information content (AvgIpc) is 2.94. The van der Waals surface area contributed by atoms with Gasteiger partial charge in [-0.15, -0.1) is 0 Å². The number of hydrogen-bond donors (Lipinski definition) is 1. The first-order chi connectivity index (χ1) is 11.5. The second-order valence-electron chi connectivity index (χ2n) is 5.47. The maximum atomic E-state index is 12.4. The predicted octanol–water partition coefficient (Wildman–Crippen LogP) is 4.64. The number of amides is 2. The van der Waals surface area contributed by atoms with E-state index < -0.39 is 5.92 Å². The summed E-state index contributed by atoms with van der Waals surface area (Å²) in [5, 5.41) is 4.11. The summed E-state index contributed by atoms with van der Waals surface area (Å²) in [5.41, 5.74) is 1.04. The molecule has 3 rings (SSSR count). The maximum Gasteiger partial charge on any atom is 0.229 e. The lowest BCUT2D eigenvalue weighted by molar-refractivity contribution is -0.122. The van der Waals surface area contributed by atoms with Gasteiger partial charge in [-0.2, -0.15) is 0 Å². The van der Waals surface area contributed by atoms with E-state index in [0.717, 1.165) is 0 Å². The Bertz CT molecular complexity index is 810. The van der Waals surface area contributed by atoms with Crippen LogP contribution in [0.25, 0.3) is 0 Å². The minimum Gasteiger partial charge on any atom is -0.324 e. The summed E-state index contributed by atoms with van der Waals surface area (Å²) in [6, 6.07) is 11.9. The Hall–Kier alpha value is -1.75. The van der Waals surface area contributed by atoms with Crippen LogP contribution in [0.1, 0.15) is 6.42 Å². The van der Waals surface area contributed by atoms with Gasteiger partial charge in [0.2, 0.25) is 11.8 Å². The second kappa shape index (κ2) is 7.01. The van der Waals surface area contributed by atoms with Crippen molar-refractivity contribution in [1.82, 2.24) is 0 Å². The van der Waals surface area contributed by atoms with E-state index in [9.17, 15) is 9.59 Å². The number of rotatable bonds is 3. The fraction of sp³-hybridized carbons (Fsp3) is 0.176. The third-order valence-corrected chi connectivity index (χ3v) is 4.71. The van der Waals surface area contributed by atoms with E-state index in [1.165, 1.54) is 4.90 Å². The molecule has 2 aromatic carbocycles. The van der Waals surface area contributed by atoms with Gasteiger partial charge in [0, 0.05) is 18.0 Å². The molecule has 0 bridgehead atoms. The zero-order valence-corrected chi connectivity index (χ0v) is 14.7. The van der Waals surface area contributed by atoms with Gasteiger partial charge in [0.25, 0.3) is 0 Å². The van der Waals surface area contributed by atoms with Crippen LogP contribution in [-0.4, -0.2) is 18.4 Å². The number of para-hydroxylation sites is 1. The lowest BCUT2D eigenvalue weighted by Crippen LogP contribution is -2.28. The van der Waals surface area contributed by atoms with E-state index in [1.807, 2.05) is 0 Å². The van der Waals surface area contributed by atoms with Crippen molar-refractivity contribution in [2.24, 2.45) is 5.92 Å². The first-order valence-corrected chi connectivity index (χ1v) is 8.40. The molecule has 7 heteroatoms. The van der Waals surface area contributed by atoms with Crippen LogP contribution in [0.2, 0.25) is 15.1 Å². The Labute approximate surface area is 154 Å². The van der Waals surface area contributed by atoms with Crippen LogP contribution >= 0.6 is 34.8 Å². The van der Waals surface area contributed by atoms with E-state index >= 15 is 0 Å². The van der Waals surface area contributed by atoms with Crippen LogP contribution < -0.4 is 10.2 Å². The van der Waals surface area contributed by atoms with Crippen LogP contribution in [0.15, 0.2) is 42.5 Å². The number of hydrogen-bond acceptors (Lipinski definition) is 2. The normalized spacial score (nSPS) is 17.2. The molecule has 1 atom stereocenters. The standard InChI is InChI=1S/C17H13Cl3N2O2/c18-11-5-6-13(20)15(8-11)22-9-10(7-16(22)23)17(24)21-14-4-2-1-3-12(14)19/h1-6,8,10H,7,9H2,(H,21,24)/t10-/m1/s1. The molecule has 0 aliphatic carbocycles. The van der Waals surface area contributed by atoms with E-state index in [4.69, 9.17) is 34.8 Å². The number of benzene rings is 2. The molecule has 124 valence electrons. The summed E-state index contributed by atoms with van der Waals surface area (Å²) in [5.74, 6) is -0.903. The lowest BCUT2D eigenvalue weighted by Gasteiger charge is -2.18. The maximum absolute atomic E-state index is 12.4. The molecule has 1 fully saturated rings. The van der Waals surface area contributed by atoms with E-state index in [0.29, 0.717) is 26.4 Å². The zero-order chi connectivity index (χ0) is 17.3. The fourth-order valence-corrected chi connectivity index (χ4v) is 3.17. The molecule has 1 aliphatic heterocycles. The van der Waals surface area contributed by atoms with Gasteiger partial charge in [-0.1, -0.05) is 46.9 Å². The number of carbonyl (C=O) groups excluding carboxylic acids is 2. The molecule has 0 spiro atoms. The van der Waals surface area contributed by atoms with E-state index in [1.54, 1.807) is 42.5 Å². The molecule has 1 N–H and O–H groups in total. The number of halogens is 3. The molecule has 0 aromatic heterocycles. The van der Waals surface area contributed by atoms with Gasteiger partial charge in [0.1, 0.15) is 0 Å². The summed E-state index contributed by atoms with van der Waals surface area (Å²) in [6.45, 7) is 0.245. The van der Waals surface area contributed by atoms with Gasteiger partial charge >= 0.3 is 0 Å². The minimum absolute atomic E-state index is 0.110. The average molecular weight is 384 g/mol. The summed E-state index contributed by atoms with van der Waals surface area (Å²) < 4.78 is 0. The van der Waals surface area contributed by atoms with E-state index in [2.05, 4.69) is 5.32 Å². The topological polar surface area (TPSA) is 49.4 Å². The Morgan fingerprint density at radius 1 is 1.08 bits per heavy atom. The molecule has 4 nitrogen and oxygen atoms in total. The predicted molar refractivity (Wildman–Crippen MR) is 97.0 cm³/mol. The summed E-state index contributed by atoms with van der Waals surface area (Å²) in [6.07, 6.45) is 0.110. The summed E-state index contributed by atoms with van der Waals surface area (Å²) in [7, 11) is 0. The largest absolute Gasteiger partial charge is 0.324 e. The molecular formula is C17H13Cl3N2O2. The Balaban J connectivity index is 1.76. The lowest BCUT2D eigenvalue weighted by atomic mass is 10.1. The Kier molecular flexibility index (Phi) is 4.99. The van der Waals surface area contributed by atoms with Crippen molar-refractivity contribution in [3.63, 3.8) is 0 Å². The first kappa shape index (κ1) is 17.1. The van der Waals surface area contributed by atoms with Crippen molar-refractivity contribution in [2.75, 3.05) is 16.8 Å². The van der Waals surface area contributed by atoms with Crippen LogP contribution in [0.3, 0.4) is 0 Å². The van der Waals surface area contributed by atoms with Crippen molar-refractivity contribution in [3.05, 3.63) is 57.5 Å². The zero-order valence-electron chi connectivity index (χ0n) is 12.4. The third kappa shape index (κ3) is 3.51. The van der Waals surface area contributed by atoms with Crippen molar-refractivity contribution in [3.8, 4) is 0 Å². The van der Waals surface area contributed by atoms with Crippen molar-refractivity contribution < 1.29 is 9.59 Å². The number of nitrogens with zero attached hydrogens (tertiary/aromatic N) is 1. The van der Waals surface area contributed by atoms with Gasteiger partial charge in [-0.25, -0.2) is 0 Å². The Morgan fingerprint density at radius 3 is 2.58 bits per heavy atom. The van der Waals surface area contributed by atoms with Crippen LogP contribution in [0, 0.1) is 5.92 Å². The summed E-state index contributed by atoms with van der Waals surface area (Å²) >= 11 is 18.2.